The number of thiocarbonyl (C=S) groups is 1. The van der Waals surface area contributed by atoms with Crippen LogP contribution in [0.4, 0.5) is 0 Å². The second kappa shape index (κ2) is 8.64. The first kappa shape index (κ1) is 17.4. The van der Waals surface area contributed by atoms with Gasteiger partial charge in [0.05, 0.1) is 14.2 Å². The summed E-state index contributed by atoms with van der Waals surface area (Å²) in [5.74, 6) is 3.21. The van der Waals surface area contributed by atoms with Crippen molar-refractivity contribution in [3.63, 3.8) is 0 Å². The lowest BCUT2D eigenvalue weighted by atomic mass is 10.2. The van der Waals surface area contributed by atoms with Gasteiger partial charge in [-0.15, -0.1) is 0 Å². The van der Waals surface area contributed by atoms with E-state index in [0.717, 1.165) is 28.1 Å². The van der Waals surface area contributed by atoms with Crippen LogP contribution >= 0.6 is 35.7 Å². The molecule has 0 saturated carbocycles. The van der Waals surface area contributed by atoms with Crippen molar-refractivity contribution in [2.24, 2.45) is 0 Å². The number of rotatable bonds is 7. The molecule has 1 aromatic rings. The van der Waals surface area contributed by atoms with E-state index in [4.69, 9.17) is 21.7 Å². The summed E-state index contributed by atoms with van der Waals surface area (Å²) >= 11 is 8.69. The minimum Gasteiger partial charge on any atom is -0.497 e. The molecule has 0 amide bonds. The topological polar surface area (TPSA) is 38.8 Å². The first-order valence-electron chi connectivity index (χ1n) is 6.87. The predicted molar refractivity (Wildman–Crippen MR) is 96.7 cm³/mol. The van der Waals surface area contributed by atoms with Crippen LogP contribution in [0.15, 0.2) is 24.3 Å². The summed E-state index contributed by atoms with van der Waals surface area (Å²) in [7, 11) is 3.09. The summed E-state index contributed by atoms with van der Waals surface area (Å²) in [6, 6.07) is 7.84. The molecule has 1 fully saturated rings. The third-order valence-electron chi connectivity index (χ3n) is 3.35. The highest BCUT2D eigenvalue weighted by Gasteiger charge is 2.34. The van der Waals surface area contributed by atoms with Crippen LogP contribution in [0.2, 0.25) is 0 Å². The fourth-order valence-corrected chi connectivity index (χ4v) is 4.43. The smallest absolute Gasteiger partial charge is 0.329 e. The monoisotopic (exact) mass is 357 g/mol. The quantitative estimate of drug-likeness (QED) is 0.422. The third kappa shape index (κ3) is 4.54. The van der Waals surface area contributed by atoms with E-state index in [9.17, 15) is 4.79 Å². The van der Waals surface area contributed by atoms with Gasteiger partial charge in [-0.05, 0) is 17.7 Å². The molecule has 1 aliphatic heterocycles. The summed E-state index contributed by atoms with van der Waals surface area (Å²) < 4.78 is 10.8. The Kier molecular flexibility index (Phi) is 6.85. The van der Waals surface area contributed by atoms with E-state index in [1.54, 1.807) is 18.9 Å². The Hall–Kier alpha value is -0.920. The zero-order chi connectivity index (χ0) is 15.9. The molecular weight excluding hydrogens is 338 g/mol. The van der Waals surface area contributed by atoms with E-state index in [-0.39, 0.29) is 12.0 Å². The highest BCUT2D eigenvalue weighted by atomic mass is 32.2. The second-order valence-corrected chi connectivity index (χ2v) is 7.47. The normalized spacial score (nSPS) is 17.6. The molecule has 0 radical (unpaired) electrons. The summed E-state index contributed by atoms with van der Waals surface area (Å²) in [5.41, 5.74) is 1.26. The van der Waals surface area contributed by atoms with Gasteiger partial charge in [-0.25, -0.2) is 4.79 Å². The van der Waals surface area contributed by atoms with Crippen LogP contribution in [0.3, 0.4) is 0 Å². The lowest BCUT2D eigenvalue weighted by molar-refractivity contribution is -0.144. The molecule has 0 N–H and O–H groups in total. The van der Waals surface area contributed by atoms with Gasteiger partial charge in [-0.1, -0.05) is 36.1 Å². The first-order valence-corrected chi connectivity index (χ1v) is 9.42. The molecule has 1 atom stereocenters. The Morgan fingerprint density at radius 3 is 2.77 bits per heavy atom. The van der Waals surface area contributed by atoms with E-state index in [2.05, 4.69) is 12.1 Å². The standard InChI is InChI=1S/C15H19NO3S3/c1-18-12-5-3-11(4-6-12)9-21-8-7-16-13(14(17)19-2)10-22-15(16)20/h3-6,13H,7-10H2,1-2H3/t13-/m0/s1. The van der Waals surface area contributed by atoms with Crippen molar-refractivity contribution in [1.82, 2.24) is 4.90 Å². The van der Waals surface area contributed by atoms with E-state index >= 15 is 0 Å². The largest absolute Gasteiger partial charge is 0.497 e. The Morgan fingerprint density at radius 1 is 1.41 bits per heavy atom. The molecular formula is C15H19NO3S3. The molecule has 1 heterocycles. The van der Waals surface area contributed by atoms with E-state index in [0.29, 0.717) is 5.75 Å². The summed E-state index contributed by atoms with van der Waals surface area (Å²) in [6.45, 7) is 0.770. The summed E-state index contributed by atoms with van der Waals surface area (Å²) in [6.07, 6.45) is 0. The van der Waals surface area contributed by atoms with Crippen LogP contribution in [0.1, 0.15) is 5.56 Å². The summed E-state index contributed by atoms with van der Waals surface area (Å²) in [5, 5.41) is 0. The number of esters is 1. The molecule has 0 aliphatic carbocycles. The van der Waals surface area contributed by atoms with Crippen molar-refractivity contribution in [3.8, 4) is 5.75 Å². The number of ether oxygens (including phenoxy) is 2. The number of hydrogen-bond donors (Lipinski definition) is 0. The molecule has 1 aromatic carbocycles. The maximum Gasteiger partial charge on any atom is 0.329 e. The van der Waals surface area contributed by atoms with Gasteiger partial charge < -0.3 is 14.4 Å². The average molecular weight is 358 g/mol. The fraction of sp³-hybridized carbons (Fsp3) is 0.467. The Balaban J connectivity index is 1.77. The number of carbonyl (C=O) groups is 1. The molecule has 1 saturated heterocycles. The molecule has 7 heteroatoms. The lowest BCUT2D eigenvalue weighted by Crippen LogP contribution is -2.41. The molecule has 0 unspecified atom stereocenters. The Morgan fingerprint density at radius 2 is 2.14 bits per heavy atom. The van der Waals surface area contributed by atoms with Crippen molar-refractivity contribution in [3.05, 3.63) is 29.8 Å². The van der Waals surface area contributed by atoms with Crippen molar-refractivity contribution in [1.29, 1.82) is 0 Å². The number of hydrogen-bond acceptors (Lipinski definition) is 6. The summed E-state index contributed by atoms with van der Waals surface area (Å²) in [4.78, 5) is 13.7. The van der Waals surface area contributed by atoms with Gasteiger partial charge in [-0.2, -0.15) is 11.8 Å². The number of methoxy groups -OCH3 is 2. The van der Waals surface area contributed by atoms with Gasteiger partial charge in [0.25, 0.3) is 0 Å². The second-order valence-electron chi connectivity index (χ2n) is 4.71. The highest BCUT2D eigenvalue weighted by Crippen LogP contribution is 2.26. The van der Waals surface area contributed by atoms with Crippen molar-refractivity contribution in [2.45, 2.75) is 11.8 Å². The molecule has 120 valence electrons. The zero-order valence-electron chi connectivity index (χ0n) is 12.6. The van der Waals surface area contributed by atoms with Crippen molar-refractivity contribution in [2.75, 3.05) is 32.3 Å². The number of thioether (sulfide) groups is 2. The number of benzene rings is 1. The Bertz CT molecular complexity index is 521. The number of carbonyl (C=O) groups excluding carboxylic acids is 1. The highest BCUT2D eigenvalue weighted by molar-refractivity contribution is 8.23. The van der Waals surface area contributed by atoms with Gasteiger partial charge in [0, 0.05) is 23.8 Å². The molecule has 2 rings (SSSR count). The van der Waals surface area contributed by atoms with Gasteiger partial charge in [-0.3, -0.25) is 0 Å². The molecule has 0 aromatic heterocycles. The first-order chi connectivity index (χ1) is 10.7. The van der Waals surface area contributed by atoms with Crippen LogP contribution in [0, 0.1) is 0 Å². The lowest BCUT2D eigenvalue weighted by Gasteiger charge is -2.23. The SMILES string of the molecule is COC(=O)[C@@H]1CSC(=S)N1CCSCc1ccc(OC)cc1. The van der Waals surface area contributed by atoms with Crippen molar-refractivity contribution >= 4 is 46.0 Å². The molecule has 4 nitrogen and oxygen atoms in total. The van der Waals surface area contributed by atoms with E-state index in [1.165, 1.54) is 12.7 Å². The van der Waals surface area contributed by atoms with Crippen molar-refractivity contribution < 1.29 is 14.3 Å². The maximum absolute atomic E-state index is 11.7. The minimum absolute atomic E-state index is 0.201. The maximum atomic E-state index is 11.7. The molecule has 1 aliphatic rings. The molecule has 0 spiro atoms. The molecule has 22 heavy (non-hydrogen) atoms. The van der Waals surface area contributed by atoms with Crippen LogP contribution in [0.25, 0.3) is 0 Å². The zero-order valence-corrected chi connectivity index (χ0v) is 15.1. The number of nitrogens with zero attached hydrogens (tertiary/aromatic N) is 1. The van der Waals surface area contributed by atoms with Gasteiger partial charge in [0.2, 0.25) is 0 Å². The van der Waals surface area contributed by atoms with Crippen LogP contribution < -0.4 is 4.74 Å². The van der Waals surface area contributed by atoms with E-state index in [1.807, 2.05) is 28.8 Å². The molecule has 0 bridgehead atoms. The fourth-order valence-electron chi connectivity index (χ4n) is 2.10. The predicted octanol–water partition coefficient (Wildman–Crippen LogP) is 2.80. The average Bonchev–Trinajstić information content (AvgIpc) is 2.92. The van der Waals surface area contributed by atoms with E-state index < -0.39 is 0 Å². The third-order valence-corrected chi connectivity index (χ3v) is 5.91. The Labute approximate surface area is 144 Å². The van der Waals surface area contributed by atoms with Gasteiger partial charge in [0.15, 0.2) is 0 Å². The van der Waals surface area contributed by atoms with Gasteiger partial charge in [0.1, 0.15) is 16.1 Å². The van der Waals surface area contributed by atoms with Crippen LogP contribution in [-0.4, -0.2) is 53.5 Å². The van der Waals surface area contributed by atoms with Crippen LogP contribution in [-0.2, 0) is 15.3 Å². The minimum atomic E-state index is -0.232. The van der Waals surface area contributed by atoms with Crippen LogP contribution in [0.5, 0.6) is 5.75 Å². The van der Waals surface area contributed by atoms with Gasteiger partial charge >= 0.3 is 5.97 Å².